The molecule has 21 heavy (non-hydrogen) atoms. The molecule has 0 heterocycles. The number of carboxylic acid groups (broad SMARTS) is 1. The molecular formula is C13H17NO6S. The molecule has 0 bridgehead atoms. The monoisotopic (exact) mass is 315 g/mol. The van der Waals surface area contributed by atoms with Crippen LogP contribution in [0.15, 0.2) is 23.1 Å². The first kappa shape index (κ1) is 17.1. The Kier molecular flexibility index (Phi) is 5.45. The Bertz CT molecular complexity index is 653. The van der Waals surface area contributed by atoms with Gasteiger partial charge in [-0.05, 0) is 31.0 Å². The fourth-order valence-electron chi connectivity index (χ4n) is 1.76. The molecular weight excluding hydrogens is 298 g/mol. The number of carbonyl (C=O) groups is 2. The number of esters is 1. The molecule has 0 fully saturated rings. The van der Waals surface area contributed by atoms with Gasteiger partial charge in [-0.25, -0.2) is 13.2 Å². The molecule has 0 aliphatic heterocycles. The predicted molar refractivity (Wildman–Crippen MR) is 74.6 cm³/mol. The summed E-state index contributed by atoms with van der Waals surface area (Å²) in [5.74, 6) is -1.94. The van der Waals surface area contributed by atoms with E-state index < -0.39 is 28.0 Å². The largest absolute Gasteiger partial charge is 0.478 e. The Balaban J connectivity index is 3.18. The number of carboxylic acids is 1. The van der Waals surface area contributed by atoms with Crippen molar-refractivity contribution in [2.24, 2.45) is 0 Å². The Morgan fingerprint density at radius 1 is 1.38 bits per heavy atom. The van der Waals surface area contributed by atoms with Crippen molar-refractivity contribution < 1.29 is 27.9 Å². The number of hydrogen-bond donors (Lipinski definition) is 2. The molecule has 8 heteroatoms. The zero-order chi connectivity index (χ0) is 16.2. The van der Waals surface area contributed by atoms with E-state index in [4.69, 9.17) is 5.11 Å². The van der Waals surface area contributed by atoms with Gasteiger partial charge in [-0.15, -0.1) is 0 Å². The SMILES string of the molecule is CCc1ccc(S(=O)(=O)NC(C)C(=O)OC)cc1C(=O)O. The second-order valence-corrected chi connectivity index (χ2v) is 6.06. The van der Waals surface area contributed by atoms with Crippen LogP contribution in [-0.4, -0.2) is 38.6 Å². The van der Waals surface area contributed by atoms with Crippen molar-refractivity contribution >= 4 is 22.0 Å². The zero-order valence-electron chi connectivity index (χ0n) is 11.9. The van der Waals surface area contributed by atoms with Crippen LogP contribution in [0.5, 0.6) is 0 Å². The Morgan fingerprint density at radius 2 is 2.00 bits per heavy atom. The third kappa shape index (κ3) is 4.02. The number of methoxy groups -OCH3 is 1. The minimum absolute atomic E-state index is 0.0777. The van der Waals surface area contributed by atoms with Gasteiger partial charge < -0.3 is 9.84 Å². The molecule has 0 saturated carbocycles. The fraction of sp³-hybridized carbons (Fsp3) is 0.385. The second-order valence-electron chi connectivity index (χ2n) is 4.34. The molecule has 1 rings (SSSR count). The molecule has 0 saturated heterocycles. The van der Waals surface area contributed by atoms with Gasteiger partial charge in [0, 0.05) is 0 Å². The van der Waals surface area contributed by atoms with Crippen LogP contribution in [0.3, 0.4) is 0 Å². The van der Waals surface area contributed by atoms with Crippen molar-refractivity contribution in [3.05, 3.63) is 29.3 Å². The summed E-state index contributed by atoms with van der Waals surface area (Å²) in [4.78, 5) is 22.2. The van der Waals surface area contributed by atoms with Crippen molar-refractivity contribution in [1.82, 2.24) is 4.72 Å². The van der Waals surface area contributed by atoms with E-state index in [0.29, 0.717) is 12.0 Å². The van der Waals surface area contributed by atoms with Crippen molar-refractivity contribution in [3.63, 3.8) is 0 Å². The lowest BCUT2D eigenvalue weighted by Crippen LogP contribution is -2.39. The van der Waals surface area contributed by atoms with Crippen LogP contribution in [0.2, 0.25) is 0 Å². The lowest BCUT2D eigenvalue weighted by Gasteiger charge is -2.13. The summed E-state index contributed by atoms with van der Waals surface area (Å²) in [6.45, 7) is 3.11. The van der Waals surface area contributed by atoms with Gasteiger partial charge in [-0.1, -0.05) is 13.0 Å². The van der Waals surface area contributed by atoms with E-state index in [9.17, 15) is 18.0 Å². The molecule has 0 spiro atoms. The number of aromatic carboxylic acids is 1. The second kappa shape index (κ2) is 6.68. The molecule has 0 aromatic heterocycles. The molecule has 1 aromatic carbocycles. The number of rotatable bonds is 6. The molecule has 0 radical (unpaired) electrons. The van der Waals surface area contributed by atoms with Crippen LogP contribution in [0.1, 0.15) is 29.8 Å². The Labute approximate surface area is 123 Å². The smallest absolute Gasteiger partial charge is 0.336 e. The molecule has 1 aromatic rings. The van der Waals surface area contributed by atoms with Crippen molar-refractivity contribution in [2.45, 2.75) is 31.2 Å². The molecule has 116 valence electrons. The average Bonchev–Trinajstić information content (AvgIpc) is 2.44. The van der Waals surface area contributed by atoms with E-state index in [2.05, 4.69) is 9.46 Å². The third-order valence-electron chi connectivity index (χ3n) is 2.89. The summed E-state index contributed by atoms with van der Waals surface area (Å²) in [5.41, 5.74) is 0.452. The topological polar surface area (TPSA) is 110 Å². The van der Waals surface area contributed by atoms with E-state index in [1.807, 2.05) is 0 Å². The van der Waals surface area contributed by atoms with Gasteiger partial charge in [-0.3, -0.25) is 4.79 Å². The molecule has 0 amide bonds. The van der Waals surface area contributed by atoms with Crippen molar-refractivity contribution in [2.75, 3.05) is 7.11 Å². The van der Waals surface area contributed by atoms with Gasteiger partial charge in [0.05, 0.1) is 17.6 Å². The molecule has 1 unspecified atom stereocenters. The highest BCUT2D eigenvalue weighted by molar-refractivity contribution is 7.89. The number of benzene rings is 1. The number of ether oxygens (including phenoxy) is 1. The number of carbonyl (C=O) groups excluding carboxylic acids is 1. The summed E-state index contributed by atoms with van der Waals surface area (Å²) in [6.07, 6.45) is 0.466. The number of hydrogen-bond acceptors (Lipinski definition) is 5. The first-order chi connectivity index (χ1) is 9.72. The van der Waals surface area contributed by atoms with E-state index in [0.717, 1.165) is 13.2 Å². The van der Waals surface area contributed by atoms with Crippen molar-refractivity contribution in [3.8, 4) is 0 Å². The van der Waals surface area contributed by atoms with Crippen LogP contribution in [-0.2, 0) is 26.0 Å². The number of aryl methyl sites for hydroxylation is 1. The summed E-state index contributed by atoms with van der Waals surface area (Å²) in [5, 5.41) is 9.11. The Hall–Kier alpha value is -1.93. The van der Waals surface area contributed by atoms with Gasteiger partial charge in [-0.2, -0.15) is 4.72 Å². The van der Waals surface area contributed by atoms with Gasteiger partial charge in [0.2, 0.25) is 10.0 Å². The molecule has 1 atom stereocenters. The van der Waals surface area contributed by atoms with Gasteiger partial charge in [0.1, 0.15) is 6.04 Å². The zero-order valence-corrected chi connectivity index (χ0v) is 12.7. The minimum Gasteiger partial charge on any atom is -0.478 e. The summed E-state index contributed by atoms with van der Waals surface area (Å²) in [7, 11) is -2.87. The van der Waals surface area contributed by atoms with Crippen molar-refractivity contribution in [1.29, 1.82) is 0 Å². The maximum absolute atomic E-state index is 12.1. The van der Waals surface area contributed by atoms with E-state index in [1.54, 1.807) is 6.92 Å². The van der Waals surface area contributed by atoms with Gasteiger partial charge in [0.15, 0.2) is 0 Å². The Morgan fingerprint density at radius 3 is 2.48 bits per heavy atom. The lowest BCUT2D eigenvalue weighted by molar-refractivity contribution is -0.142. The van der Waals surface area contributed by atoms with E-state index >= 15 is 0 Å². The number of nitrogens with one attached hydrogen (secondary N) is 1. The standard InChI is InChI=1S/C13H17NO6S/c1-4-9-5-6-10(7-11(9)12(15)16)21(18,19)14-8(2)13(17)20-3/h5-8,14H,4H2,1-3H3,(H,15,16). The molecule has 0 aliphatic rings. The van der Waals surface area contributed by atoms with Gasteiger partial charge in [0.25, 0.3) is 0 Å². The molecule has 7 nitrogen and oxygen atoms in total. The highest BCUT2D eigenvalue weighted by atomic mass is 32.2. The van der Waals surface area contributed by atoms with Gasteiger partial charge >= 0.3 is 11.9 Å². The predicted octanol–water partition coefficient (Wildman–Crippen LogP) is 0.787. The normalized spacial score (nSPS) is 12.7. The third-order valence-corrected chi connectivity index (χ3v) is 4.43. The lowest BCUT2D eigenvalue weighted by atomic mass is 10.1. The average molecular weight is 315 g/mol. The van der Waals surface area contributed by atoms with Crippen LogP contribution in [0, 0.1) is 0 Å². The first-order valence-corrected chi connectivity index (χ1v) is 7.67. The quantitative estimate of drug-likeness (QED) is 0.751. The highest BCUT2D eigenvalue weighted by Crippen LogP contribution is 2.17. The first-order valence-electron chi connectivity index (χ1n) is 6.19. The fourth-order valence-corrected chi connectivity index (χ4v) is 2.97. The summed E-state index contributed by atoms with van der Waals surface area (Å²) >= 11 is 0. The van der Waals surface area contributed by atoms with E-state index in [1.165, 1.54) is 19.1 Å². The molecule has 2 N–H and O–H groups in total. The van der Waals surface area contributed by atoms with Crippen LogP contribution in [0.25, 0.3) is 0 Å². The van der Waals surface area contributed by atoms with Crippen LogP contribution >= 0.6 is 0 Å². The van der Waals surface area contributed by atoms with E-state index in [-0.39, 0.29) is 10.5 Å². The number of sulfonamides is 1. The highest BCUT2D eigenvalue weighted by Gasteiger charge is 2.24. The van der Waals surface area contributed by atoms with Crippen LogP contribution in [0.4, 0.5) is 0 Å². The maximum Gasteiger partial charge on any atom is 0.336 e. The minimum atomic E-state index is -4.01. The maximum atomic E-state index is 12.1. The summed E-state index contributed by atoms with van der Waals surface area (Å²) < 4.78 is 30.8. The summed E-state index contributed by atoms with van der Waals surface area (Å²) in [6, 6.07) is 2.76. The molecule has 0 aliphatic carbocycles. The van der Waals surface area contributed by atoms with Crippen LogP contribution < -0.4 is 4.72 Å².